The van der Waals surface area contributed by atoms with Crippen molar-refractivity contribution in [2.75, 3.05) is 4.90 Å². The molecule has 80 heavy (non-hydrogen) atoms. The van der Waals surface area contributed by atoms with Gasteiger partial charge in [0.2, 0.25) is 0 Å². The SMILES string of the molecule is c1ccc(-c2ccc(-c3ccc(N(c4ccc5c(c4)C(c4ccccc4)(c4ccccc4)c4ccc6ccccc6c4-5)c4cccc5c4-c4ccccc4C54c5ccccc5-n5c6ccccc6c6cccc4c65)cc3)cc2)cc1. The molecule has 13 aromatic carbocycles. The summed E-state index contributed by atoms with van der Waals surface area (Å²) in [6, 6.07) is 114. The van der Waals surface area contributed by atoms with Crippen LogP contribution in [0.4, 0.5) is 17.1 Å². The number of fused-ring (bicyclic) bond motifs is 17. The van der Waals surface area contributed by atoms with E-state index in [1.165, 1.54) is 127 Å². The number of para-hydroxylation sites is 3. The molecule has 1 atom stereocenters. The molecule has 1 spiro atoms. The molecule has 2 heterocycles. The molecule has 0 saturated carbocycles. The van der Waals surface area contributed by atoms with Crippen LogP contribution in [0.2, 0.25) is 0 Å². The fourth-order valence-corrected chi connectivity index (χ4v) is 14.9. The second kappa shape index (κ2) is 17.1. The predicted octanol–water partition coefficient (Wildman–Crippen LogP) is 19.8. The standard InChI is InChI=1S/C78H50N2/c1-4-20-51(21-5-1)52-38-40-53(41-39-52)54-42-45-58(46-43-54)79(59-47-48-64-70(50-59)77(56-23-6-2-7-24-56,57-25-8-3-9-26-57)68-49-44-55-22-10-11-27-60(55)74(64)68)73-37-19-33-67-75(73)63-29-12-14-31-65(63)78(67)66-32-15-17-36-72(66)80-71-35-16-13-28-61(71)62-30-18-34-69(78)76(62)80/h1-50H. The zero-order chi connectivity index (χ0) is 52.5. The van der Waals surface area contributed by atoms with E-state index < -0.39 is 10.8 Å². The number of hydrogen-bond acceptors (Lipinski definition) is 1. The molecule has 1 aliphatic heterocycles. The predicted molar refractivity (Wildman–Crippen MR) is 332 cm³/mol. The molecule has 0 N–H and O–H groups in total. The summed E-state index contributed by atoms with van der Waals surface area (Å²) in [7, 11) is 0. The molecule has 2 heteroatoms. The summed E-state index contributed by atoms with van der Waals surface area (Å²) in [6.07, 6.45) is 0. The first kappa shape index (κ1) is 44.8. The van der Waals surface area contributed by atoms with E-state index in [-0.39, 0.29) is 0 Å². The van der Waals surface area contributed by atoms with E-state index in [9.17, 15) is 0 Å². The highest BCUT2D eigenvalue weighted by atomic mass is 15.1. The molecule has 2 aliphatic carbocycles. The van der Waals surface area contributed by atoms with Crippen molar-refractivity contribution in [2.24, 2.45) is 0 Å². The normalized spacial score (nSPS) is 14.9. The van der Waals surface area contributed by atoms with Crippen molar-refractivity contribution >= 4 is 49.6 Å². The fraction of sp³-hybridized carbons (Fsp3) is 0.0256. The molecule has 0 fully saturated rings. The number of rotatable bonds is 7. The highest BCUT2D eigenvalue weighted by Crippen LogP contribution is 2.64. The van der Waals surface area contributed by atoms with Crippen LogP contribution >= 0.6 is 0 Å². The summed E-state index contributed by atoms with van der Waals surface area (Å²) in [6.45, 7) is 0. The van der Waals surface area contributed by atoms with Gasteiger partial charge in [0.15, 0.2) is 0 Å². The Kier molecular flexibility index (Phi) is 9.58. The minimum atomic E-state index is -0.618. The summed E-state index contributed by atoms with van der Waals surface area (Å²) in [5.41, 5.74) is 25.9. The third-order valence-corrected chi connectivity index (χ3v) is 18.1. The molecule has 0 radical (unpaired) electrons. The Balaban J connectivity index is 0.941. The van der Waals surface area contributed by atoms with Gasteiger partial charge in [-0.1, -0.05) is 261 Å². The van der Waals surface area contributed by atoms with Gasteiger partial charge in [0.25, 0.3) is 0 Å². The van der Waals surface area contributed by atoms with Gasteiger partial charge in [-0.2, -0.15) is 0 Å². The van der Waals surface area contributed by atoms with E-state index in [1.807, 2.05) is 0 Å². The van der Waals surface area contributed by atoms with Crippen LogP contribution in [0.3, 0.4) is 0 Å². The zero-order valence-electron chi connectivity index (χ0n) is 43.8. The summed E-state index contributed by atoms with van der Waals surface area (Å²) >= 11 is 0. The van der Waals surface area contributed by atoms with E-state index in [4.69, 9.17) is 0 Å². The Morgan fingerprint density at radius 2 is 0.812 bits per heavy atom. The van der Waals surface area contributed by atoms with Gasteiger partial charge >= 0.3 is 0 Å². The van der Waals surface area contributed by atoms with Gasteiger partial charge in [0, 0.05) is 27.7 Å². The van der Waals surface area contributed by atoms with E-state index in [1.54, 1.807) is 0 Å². The Morgan fingerprint density at radius 3 is 1.56 bits per heavy atom. The van der Waals surface area contributed by atoms with E-state index in [0.29, 0.717) is 0 Å². The fourth-order valence-electron chi connectivity index (χ4n) is 14.9. The van der Waals surface area contributed by atoms with Crippen LogP contribution in [0.1, 0.15) is 44.5 Å². The Labute approximate surface area is 465 Å². The number of nitrogens with zero attached hydrogens (tertiary/aromatic N) is 2. The maximum Gasteiger partial charge on any atom is 0.0755 e. The largest absolute Gasteiger partial charge is 0.310 e. The van der Waals surface area contributed by atoms with Crippen molar-refractivity contribution < 1.29 is 0 Å². The number of benzene rings is 13. The second-order valence-corrected chi connectivity index (χ2v) is 21.8. The topological polar surface area (TPSA) is 8.17 Å². The minimum absolute atomic E-state index is 0.611. The maximum atomic E-state index is 2.56. The average molecular weight is 1020 g/mol. The summed E-state index contributed by atoms with van der Waals surface area (Å²) < 4.78 is 2.53. The first-order valence-corrected chi connectivity index (χ1v) is 27.9. The molecule has 0 saturated heterocycles. The van der Waals surface area contributed by atoms with Gasteiger partial charge in [0.05, 0.1) is 33.2 Å². The lowest BCUT2D eigenvalue weighted by atomic mass is 9.65. The van der Waals surface area contributed by atoms with Gasteiger partial charge in [-0.25, -0.2) is 0 Å². The van der Waals surface area contributed by atoms with E-state index >= 15 is 0 Å². The highest BCUT2D eigenvalue weighted by molar-refractivity contribution is 6.13. The second-order valence-electron chi connectivity index (χ2n) is 21.8. The van der Waals surface area contributed by atoms with Crippen LogP contribution in [-0.2, 0) is 10.8 Å². The van der Waals surface area contributed by atoms with Crippen LogP contribution in [0, 0.1) is 0 Å². The molecular weight excluding hydrogens is 965 g/mol. The molecule has 0 amide bonds. The molecular formula is C78H50N2. The molecule has 17 rings (SSSR count). The summed E-state index contributed by atoms with van der Waals surface area (Å²) in [4.78, 5) is 2.56. The Bertz CT molecular complexity index is 4760. The molecule has 1 unspecified atom stereocenters. The lowest BCUT2D eigenvalue weighted by molar-refractivity contribution is 0.748. The van der Waals surface area contributed by atoms with Crippen molar-refractivity contribution in [3.63, 3.8) is 0 Å². The average Bonchev–Trinajstić information content (AvgIpc) is 2.88. The Morgan fingerprint density at radius 1 is 0.287 bits per heavy atom. The van der Waals surface area contributed by atoms with Crippen LogP contribution < -0.4 is 4.90 Å². The Hall–Kier alpha value is -10.3. The zero-order valence-corrected chi connectivity index (χ0v) is 43.8. The van der Waals surface area contributed by atoms with E-state index in [2.05, 4.69) is 313 Å². The lowest BCUT2D eigenvalue weighted by Gasteiger charge is -2.39. The number of aromatic nitrogens is 1. The van der Waals surface area contributed by atoms with Gasteiger partial charge in [-0.3, -0.25) is 0 Å². The quantitative estimate of drug-likeness (QED) is 0.154. The van der Waals surface area contributed by atoms with Crippen LogP contribution in [-0.4, -0.2) is 4.57 Å². The molecule has 3 aliphatic rings. The highest BCUT2D eigenvalue weighted by Gasteiger charge is 2.52. The first-order chi connectivity index (χ1) is 39.7. The third-order valence-electron chi connectivity index (χ3n) is 18.1. The number of anilines is 3. The molecule has 1 aromatic heterocycles. The van der Waals surface area contributed by atoms with Gasteiger partial charge < -0.3 is 9.47 Å². The van der Waals surface area contributed by atoms with Crippen molar-refractivity contribution in [1.82, 2.24) is 4.57 Å². The lowest BCUT2D eigenvalue weighted by Crippen LogP contribution is -2.33. The molecule has 2 nitrogen and oxygen atoms in total. The molecule has 372 valence electrons. The van der Waals surface area contributed by atoms with Crippen molar-refractivity contribution in [1.29, 1.82) is 0 Å². The van der Waals surface area contributed by atoms with Crippen LogP contribution in [0.25, 0.3) is 82.8 Å². The minimum Gasteiger partial charge on any atom is -0.310 e. The monoisotopic (exact) mass is 1010 g/mol. The maximum absolute atomic E-state index is 2.56. The molecule has 0 bridgehead atoms. The number of hydrogen-bond donors (Lipinski definition) is 0. The van der Waals surface area contributed by atoms with Crippen molar-refractivity contribution in [3.05, 3.63) is 348 Å². The van der Waals surface area contributed by atoms with Crippen LogP contribution in [0.15, 0.2) is 303 Å². The van der Waals surface area contributed by atoms with Crippen LogP contribution in [0.5, 0.6) is 0 Å². The summed E-state index contributed by atoms with van der Waals surface area (Å²) in [5, 5.41) is 5.05. The molecule has 14 aromatic rings. The summed E-state index contributed by atoms with van der Waals surface area (Å²) in [5.74, 6) is 0. The smallest absolute Gasteiger partial charge is 0.0755 e. The third kappa shape index (κ3) is 6.02. The van der Waals surface area contributed by atoms with E-state index in [0.717, 1.165) is 17.1 Å². The van der Waals surface area contributed by atoms with Gasteiger partial charge in [0.1, 0.15) is 0 Å². The van der Waals surface area contributed by atoms with Crippen molar-refractivity contribution in [2.45, 2.75) is 10.8 Å². The van der Waals surface area contributed by atoms with Gasteiger partial charge in [-0.05, 0) is 137 Å². The first-order valence-electron chi connectivity index (χ1n) is 27.9. The van der Waals surface area contributed by atoms with Gasteiger partial charge in [-0.15, -0.1) is 0 Å². The van der Waals surface area contributed by atoms with Crippen molar-refractivity contribution in [3.8, 4) is 50.2 Å².